The maximum Gasteiger partial charge on any atom is 0.255 e. The largest absolute Gasteiger partial charge is 0.484 e. The van der Waals surface area contributed by atoms with Crippen LogP contribution in [0.1, 0.15) is 31.2 Å². The number of hydrogen-bond donors (Lipinski definition) is 2. The molecule has 1 aliphatic carbocycles. The molecule has 0 saturated heterocycles. The number of benzene rings is 1. The molecule has 0 bridgehead atoms. The maximum atomic E-state index is 10.6. The molecule has 0 unspecified atom stereocenters. The van der Waals surface area contributed by atoms with Crippen molar-refractivity contribution in [3.05, 3.63) is 29.8 Å². The van der Waals surface area contributed by atoms with Gasteiger partial charge in [0, 0.05) is 6.54 Å². The molecule has 1 aromatic rings. The Morgan fingerprint density at radius 3 is 2.68 bits per heavy atom. The van der Waals surface area contributed by atoms with Crippen LogP contribution in [0.4, 0.5) is 0 Å². The molecule has 0 aliphatic heterocycles. The van der Waals surface area contributed by atoms with Crippen molar-refractivity contribution < 1.29 is 9.53 Å². The van der Waals surface area contributed by atoms with Crippen LogP contribution in [-0.2, 0) is 11.3 Å². The van der Waals surface area contributed by atoms with Gasteiger partial charge in [-0.2, -0.15) is 0 Å². The van der Waals surface area contributed by atoms with Crippen molar-refractivity contribution in [1.29, 1.82) is 0 Å². The molecule has 1 saturated carbocycles. The van der Waals surface area contributed by atoms with Crippen molar-refractivity contribution in [1.82, 2.24) is 5.32 Å². The number of ether oxygens (including phenoxy) is 1. The van der Waals surface area contributed by atoms with Crippen LogP contribution in [0.25, 0.3) is 0 Å². The highest BCUT2D eigenvalue weighted by molar-refractivity contribution is 5.75. The molecule has 0 spiro atoms. The highest BCUT2D eigenvalue weighted by atomic mass is 16.5. The van der Waals surface area contributed by atoms with Gasteiger partial charge < -0.3 is 15.8 Å². The monoisotopic (exact) mass is 262 g/mol. The molecule has 104 valence electrons. The average molecular weight is 262 g/mol. The van der Waals surface area contributed by atoms with Crippen molar-refractivity contribution in [3.8, 4) is 5.75 Å². The lowest BCUT2D eigenvalue weighted by molar-refractivity contribution is -0.119. The molecule has 1 fully saturated rings. The van der Waals surface area contributed by atoms with Gasteiger partial charge in [-0.05, 0) is 43.0 Å². The Bertz CT molecular complexity index is 399. The van der Waals surface area contributed by atoms with Crippen LogP contribution in [-0.4, -0.2) is 19.1 Å². The standard InChI is InChI=1S/C15H22N2O2/c16-15(18)11-19-14-7-5-13(6-8-14)10-17-9-1-2-12-3-4-12/h5-8,12,17H,1-4,9-11H2,(H2,16,18). The molecule has 0 aromatic heterocycles. The number of nitrogens with two attached hydrogens (primary N) is 1. The number of rotatable bonds is 9. The van der Waals surface area contributed by atoms with Gasteiger partial charge in [-0.25, -0.2) is 0 Å². The van der Waals surface area contributed by atoms with Crippen LogP contribution in [0.15, 0.2) is 24.3 Å². The average Bonchev–Trinajstić information content (AvgIpc) is 3.21. The summed E-state index contributed by atoms with van der Waals surface area (Å²) < 4.78 is 5.20. The Morgan fingerprint density at radius 2 is 2.05 bits per heavy atom. The maximum absolute atomic E-state index is 10.6. The highest BCUT2D eigenvalue weighted by Gasteiger charge is 2.19. The zero-order chi connectivity index (χ0) is 13.5. The van der Waals surface area contributed by atoms with Gasteiger partial charge in [0.2, 0.25) is 0 Å². The first-order valence-corrected chi connectivity index (χ1v) is 6.95. The fourth-order valence-electron chi connectivity index (χ4n) is 2.01. The summed E-state index contributed by atoms with van der Waals surface area (Å²) in [6.45, 7) is 1.88. The first kappa shape index (κ1) is 13.9. The fraction of sp³-hybridized carbons (Fsp3) is 0.533. The number of amides is 1. The Morgan fingerprint density at radius 1 is 1.32 bits per heavy atom. The van der Waals surface area contributed by atoms with Gasteiger partial charge in [0.1, 0.15) is 5.75 Å². The second-order valence-corrected chi connectivity index (χ2v) is 5.16. The van der Waals surface area contributed by atoms with Crippen LogP contribution in [0.2, 0.25) is 0 Å². The summed E-state index contributed by atoms with van der Waals surface area (Å²) in [4.78, 5) is 10.6. The molecule has 1 aliphatic rings. The van der Waals surface area contributed by atoms with Gasteiger partial charge in [-0.15, -0.1) is 0 Å². The minimum absolute atomic E-state index is 0.0707. The Hall–Kier alpha value is -1.55. The molecule has 1 aromatic carbocycles. The topological polar surface area (TPSA) is 64.4 Å². The number of hydrogen-bond acceptors (Lipinski definition) is 3. The zero-order valence-electron chi connectivity index (χ0n) is 11.2. The summed E-state index contributed by atoms with van der Waals surface area (Å²) in [7, 11) is 0. The molecule has 0 heterocycles. The van der Waals surface area contributed by atoms with Gasteiger partial charge in [-0.3, -0.25) is 4.79 Å². The molecule has 0 atom stereocenters. The number of primary amides is 1. The van der Waals surface area contributed by atoms with Gasteiger partial charge in [-0.1, -0.05) is 25.0 Å². The quantitative estimate of drug-likeness (QED) is 0.667. The normalized spacial score (nSPS) is 14.3. The Balaban J connectivity index is 1.61. The highest BCUT2D eigenvalue weighted by Crippen LogP contribution is 2.33. The smallest absolute Gasteiger partial charge is 0.255 e. The van der Waals surface area contributed by atoms with E-state index in [1.165, 1.54) is 31.2 Å². The van der Waals surface area contributed by atoms with Crippen LogP contribution in [0.3, 0.4) is 0 Å². The molecule has 19 heavy (non-hydrogen) atoms. The lowest BCUT2D eigenvalue weighted by atomic mass is 10.2. The molecular formula is C15H22N2O2. The summed E-state index contributed by atoms with van der Waals surface area (Å²) in [5.74, 6) is 1.24. The van der Waals surface area contributed by atoms with Gasteiger partial charge in [0.25, 0.3) is 5.91 Å². The number of carbonyl (C=O) groups excluding carboxylic acids is 1. The van der Waals surface area contributed by atoms with E-state index in [9.17, 15) is 4.79 Å². The van der Waals surface area contributed by atoms with E-state index in [1.807, 2.05) is 24.3 Å². The predicted molar refractivity (Wildman–Crippen MR) is 74.8 cm³/mol. The molecule has 4 heteroatoms. The van der Waals surface area contributed by atoms with E-state index in [0.717, 1.165) is 19.0 Å². The number of nitrogens with one attached hydrogen (secondary N) is 1. The van der Waals surface area contributed by atoms with E-state index in [4.69, 9.17) is 10.5 Å². The van der Waals surface area contributed by atoms with E-state index in [-0.39, 0.29) is 6.61 Å². The molecule has 4 nitrogen and oxygen atoms in total. The summed E-state index contributed by atoms with van der Waals surface area (Å²) >= 11 is 0. The van der Waals surface area contributed by atoms with Gasteiger partial charge >= 0.3 is 0 Å². The second-order valence-electron chi connectivity index (χ2n) is 5.16. The van der Waals surface area contributed by atoms with Gasteiger partial charge in [0.05, 0.1) is 0 Å². The minimum Gasteiger partial charge on any atom is -0.484 e. The van der Waals surface area contributed by atoms with E-state index in [1.54, 1.807) is 0 Å². The van der Waals surface area contributed by atoms with E-state index in [0.29, 0.717) is 5.75 Å². The minimum atomic E-state index is -0.457. The Labute approximate surface area is 114 Å². The first-order chi connectivity index (χ1) is 9.24. The number of carbonyl (C=O) groups is 1. The zero-order valence-corrected chi connectivity index (χ0v) is 11.2. The summed E-state index contributed by atoms with van der Waals surface area (Å²) in [5.41, 5.74) is 6.24. The SMILES string of the molecule is NC(=O)COc1ccc(CNCCCC2CC2)cc1. The van der Waals surface area contributed by atoms with E-state index in [2.05, 4.69) is 5.32 Å². The third-order valence-corrected chi connectivity index (χ3v) is 3.30. The molecule has 1 amide bonds. The van der Waals surface area contributed by atoms with Gasteiger partial charge in [0.15, 0.2) is 6.61 Å². The van der Waals surface area contributed by atoms with E-state index < -0.39 is 5.91 Å². The second kappa shape index (κ2) is 7.14. The van der Waals surface area contributed by atoms with Crippen molar-refractivity contribution in [3.63, 3.8) is 0 Å². The van der Waals surface area contributed by atoms with Crippen LogP contribution >= 0.6 is 0 Å². The molecule has 0 radical (unpaired) electrons. The lowest BCUT2D eigenvalue weighted by Crippen LogP contribution is -2.20. The molecule has 3 N–H and O–H groups in total. The van der Waals surface area contributed by atoms with Crippen molar-refractivity contribution >= 4 is 5.91 Å². The summed E-state index contributed by atoms with van der Waals surface area (Å²) in [5, 5.41) is 3.44. The summed E-state index contributed by atoms with van der Waals surface area (Å²) in [6, 6.07) is 7.74. The first-order valence-electron chi connectivity index (χ1n) is 6.95. The van der Waals surface area contributed by atoms with Crippen LogP contribution in [0.5, 0.6) is 5.75 Å². The molecule has 2 rings (SSSR count). The molecular weight excluding hydrogens is 240 g/mol. The fourth-order valence-corrected chi connectivity index (χ4v) is 2.01. The predicted octanol–water partition coefficient (Wildman–Crippen LogP) is 1.83. The third-order valence-electron chi connectivity index (χ3n) is 3.30. The van der Waals surface area contributed by atoms with Crippen molar-refractivity contribution in [2.24, 2.45) is 11.7 Å². The Kier molecular flexibility index (Phi) is 5.21. The van der Waals surface area contributed by atoms with Crippen LogP contribution in [0, 0.1) is 5.92 Å². The van der Waals surface area contributed by atoms with Crippen molar-refractivity contribution in [2.75, 3.05) is 13.2 Å². The van der Waals surface area contributed by atoms with Crippen molar-refractivity contribution in [2.45, 2.75) is 32.2 Å². The van der Waals surface area contributed by atoms with E-state index >= 15 is 0 Å². The summed E-state index contributed by atoms with van der Waals surface area (Å²) in [6.07, 6.45) is 5.51. The third kappa shape index (κ3) is 5.75. The van der Waals surface area contributed by atoms with Crippen LogP contribution < -0.4 is 15.8 Å². The lowest BCUT2D eigenvalue weighted by Gasteiger charge is -2.07.